The Morgan fingerprint density at radius 1 is 1.11 bits per heavy atom. The molecule has 0 aromatic heterocycles. The standard InChI is InChI=1S/C23H33NO3/c1-6-11-18-16-24(22(26)27-23(3,4)5)20(21(25)19(18)12-7-2)15-17-13-9-8-10-14-17/h8-10,13-14,20H,6-7,11-12,15-16H2,1-5H3/t20-/m0/s1. The zero-order valence-corrected chi connectivity index (χ0v) is 17.4. The van der Waals surface area contributed by atoms with Crippen LogP contribution in [0.1, 0.15) is 65.9 Å². The number of rotatable bonds is 6. The van der Waals surface area contributed by atoms with Crippen molar-refractivity contribution in [3.63, 3.8) is 0 Å². The van der Waals surface area contributed by atoms with E-state index in [2.05, 4.69) is 13.8 Å². The Bertz CT molecular complexity index is 685. The molecule has 0 fully saturated rings. The fraction of sp³-hybridized carbons (Fsp3) is 0.565. The maximum atomic E-state index is 13.4. The van der Waals surface area contributed by atoms with Gasteiger partial charge in [0.1, 0.15) is 11.6 Å². The molecule has 0 spiro atoms. The lowest BCUT2D eigenvalue weighted by Crippen LogP contribution is -2.52. The summed E-state index contributed by atoms with van der Waals surface area (Å²) in [5, 5.41) is 0. The van der Waals surface area contributed by atoms with E-state index in [9.17, 15) is 9.59 Å². The van der Waals surface area contributed by atoms with Crippen LogP contribution in [0.25, 0.3) is 0 Å². The SMILES string of the molecule is CCCC1=C(CCC)C(=O)[C@H](Cc2ccccc2)N(C(=O)OC(C)(C)C)C1. The second kappa shape index (κ2) is 9.20. The monoisotopic (exact) mass is 371 g/mol. The molecule has 0 aliphatic carbocycles. The zero-order valence-electron chi connectivity index (χ0n) is 17.4. The van der Waals surface area contributed by atoms with Gasteiger partial charge in [0.2, 0.25) is 0 Å². The van der Waals surface area contributed by atoms with Crippen molar-refractivity contribution in [3.05, 3.63) is 47.0 Å². The largest absolute Gasteiger partial charge is 0.444 e. The molecule has 148 valence electrons. The van der Waals surface area contributed by atoms with Crippen molar-refractivity contribution in [1.82, 2.24) is 4.90 Å². The Labute approximate surface area is 163 Å². The van der Waals surface area contributed by atoms with Crippen LogP contribution in [0.15, 0.2) is 41.5 Å². The minimum absolute atomic E-state index is 0.0845. The van der Waals surface area contributed by atoms with Gasteiger partial charge >= 0.3 is 6.09 Å². The number of hydrogen-bond acceptors (Lipinski definition) is 3. The van der Waals surface area contributed by atoms with Crippen LogP contribution in [0.5, 0.6) is 0 Å². The highest BCUT2D eigenvalue weighted by Crippen LogP contribution is 2.29. The van der Waals surface area contributed by atoms with Crippen LogP contribution < -0.4 is 0 Å². The molecule has 1 aliphatic rings. The number of nitrogens with zero attached hydrogens (tertiary/aromatic N) is 1. The number of ether oxygens (including phenoxy) is 1. The highest BCUT2D eigenvalue weighted by atomic mass is 16.6. The minimum atomic E-state index is -0.588. The van der Waals surface area contributed by atoms with Crippen LogP contribution in [0.2, 0.25) is 0 Å². The summed E-state index contributed by atoms with van der Waals surface area (Å²) in [6.45, 7) is 10.3. The number of carbonyl (C=O) groups is 2. The van der Waals surface area contributed by atoms with E-state index >= 15 is 0 Å². The van der Waals surface area contributed by atoms with Gasteiger partial charge in [-0.25, -0.2) is 4.79 Å². The van der Waals surface area contributed by atoms with Crippen molar-refractivity contribution < 1.29 is 14.3 Å². The third kappa shape index (κ3) is 5.69. The van der Waals surface area contributed by atoms with Crippen molar-refractivity contribution in [3.8, 4) is 0 Å². The topological polar surface area (TPSA) is 46.6 Å². The smallest absolute Gasteiger partial charge is 0.411 e. The molecule has 1 amide bonds. The first kappa shape index (κ1) is 21.2. The highest BCUT2D eigenvalue weighted by Gasteiger charge is 2.39. The Morgan fingerprint density at radius 3 is 2.30 bits per heavy atom. The van der Waals surface area contributed by atoms with Crippen molar-refractivity contribution in [2.75, 3.05) is 6.54 Å². The van der Waals surface area contributed by atoms with Crippen molar-refractivity contribution in [1.29, 1.82) is 0 Å². The van der Waals surface area contributed by atoms with Gasteiger partial charge in [0.05, 0.1) is 0 Å². The maximum absolute atomic E-state index is 13.4. The van der Waals surface area contributed by atoms with E-state index in [0.717, 1.165) is 42.4 Å². The summed E-state index contributed by atoms with van der Waals surface area (Å²) < 4.78 is 5.63. The molecular weight excluding hydrogens is 338 g/mol. The molecule has 0 radical (unpaired) electrons. The number of benzene rings is 1. The van der Waals surface area contributed by atoms with Crippen LogP contribution in [-0.2, 0) is 16.0 Å². The fourth-order valence-electron chi connectivity index (χ4n) is 3.56. The van der Waals surface area contributed by atoms with Crippen LogP contribution in [-0.4, -0.2) is 35.0 Å². The van der Waals surface area contributed by atoms with Gasteiger partial charge in [-0.1, -0.05) is 57.0 Å². The number of Topliss-reactive ketones (excluding diaryl/α,β-unsaturated/α-hetero) is 1. The molecule has 0 saturated heterocycles. The Morgan fingerprint density at radius 2 is 1.74 bits per heavy atom. The van der Waals surface area contributed by atoms with Crippen molar-refractivity contribution >= 4 is 11.9 Å². The molecule has 1 atom stereocenters. The summed E-state index contributed by atoms with van der Waals surface area (Å²) in [5.41, 5.74) is 2.49. The molecule has 0 bridgehead atoms. The Kier molecular flexibility index (Phi) is 7.23. The predicted octanol–water partition coefficient (Wildman–Crippen LogP) is 5.31. The van der Waals surface area contributed by atoms with Crippen LogP contribution in [0, 0.1) is 0 Å². The number of amides is 1. The molecule has 1 aromatic carbocycles. The molecule has 1 aliphatic heterocycles. The van der Waals surface area contributed by atoms with E-state index in [0.29, 0.717) is 13.0 Å². The minimum Gasteiger partial charge on any atom is -0.444 e. The average molecular weight is 372 g/mol. The quantitative estimate of drug-likeness (QED) is 0.680. The van der Waals surface area contributed by atoms with Gasteiger partial charge in [0.25, 0.3) is 0 Å². The summed E-state index contributed by atoms with van der Waals surface area (Å²) in [7, 11) is 0. The molecule has 0 N–H and O–H groups in total. The van der Waals surface area contributed by atoms with E-state index in [-0.39, 0.29) is 5.78 Å². The first-order chi connectivity index (χ1) is 12.8. The lowest BCUT2D eigenvalue weighted by atomic mass is 9.85. The van der Waals surface area contributed by atoms with E-state index in [1.165, 1.54) is 0 Å². The van der Waals surface area contributed by atoms with Crippen LogP contribution in [0.3, 0.4) is 0 Å². The number of ketones is 1. The molecular formula is C23H33NO3. The molecule has 1 aromatic rings. The highest BCUT2D eigenvalue weighted by molar-refractivity contribution is 6.03. The van der Waals surface area contributed by atoms with Crippen LogP contribution >= 0.6 is 0 Å². The van der Waals surface area contributed by atoms with E-state index in [1.54, 1.807) is 4.90 Å². The van der Waals surface area contributed by atoms with Gasteiger partial charge in [-0.2, -0.15) is 0 Å². The predicted molar refractivity (Wildman–Crippen MR) is 109 cm³/mol. The third-order valence-electron chi connectivity index (χ3n) is 4.72. The van der Waals surface area contributed by atoms with E-state index in [4.69, 9.17) is 4.74 Å². The second-order valence-electron chi connectivity index (χ2n) is 8.26. The van der Waals surface area contributed by atoms with Crippen LogP contribution in [0.4, 0.5) is 4.79 Å². The molecule has 4 nitrogen and oxygen atoms in total. The lowest BCUT2D eigenvalue weighted by molar-refractivity contribution is -0.121. The number of carbonyl (C=O) groups excluding carboxylic acids is 2. The van der Waals surface area contributed by atoms with Gasteiger partial charge in [-0.3, -0.25) is 9.69 Å². The fourth-order valence-corrected chi connectivity index (χ4v) is 3.56. The second-order valence-corrected chi connectivity index (χ2v) is 8.26. The normalized spacial score (nSPS) is 18.0. The van der Waals surface area contributed by atoms with Gasteiger partial charge in [0.15, 0.2) is 5.78 Å². The average Bonchev–Trinajstić information content (AvgIpc) is 2.60. The van der Waals surface area contributed by atoms with Gasteiger partial charge < -0.3 is 4.74 Å². The van der Waals surface area contributed by atoms with Gasteiger partial charge in [-0.15, -0.1) is 0 Å². The molecule has 4 heteroatoms. The van der Waals surface area contributed by atoms with Gasteiger partial charge in [0, 0.05) is 13.0 Å². The molecule has 1 heterocycles. The molecule has 2 rings (SSSR count). The Balaban J connectivity index is 2.39. The lowest BCUT2D eigenvalue weighted by Gasteiger charge is -2.38. The summed E-state index contributed by atoms with van der Waals surface area (Å²) >= 11 is 0. The Hall–Kier alpha value is -2.10. The maximum Gasteiger partial charge on any atom is 0.411 e. The molecule has 0 saturated carbocycles. The first-order valence-corrected chi connectivity index (χ1v) is 10.1. The van der Waals surface area contributed by atoms with Crippen molar-refractivity contribution in [2.45, 2.75) is 78.4 Å². The van der Waals surface area contributed by atoms with Crippen molar-refractivity contribution in [2.24, 2.45) is 0 Å². The third-order valence-corrected chi connectivity index (χ3v) is 4.72. The summed E-state index contributed by atoms with van der Waals surface area (Å²) in [5.74, 6) is 0.0845. The van der Waals surface area contributed by atoms with E-state index < -0.39 is 17.7 Å². The molecule has 27 heavy (non-hydrogen) atoms. The number of hydrogen-bond donors (Lipinski definition) is 0. The first-order valence-electron chi connectivity index (χ1n) is 10.1. The van der Waals surface area contributed by atoms with Gasteiger partial charge in [-0.05, 0) is 50.3 Å². The molecule has 0 unspecified atom stereocenters. The summed E-state index contributed by atoms with van der Waals surface area (Å²) in [4.78, 5) is 27.9. The summed E-state index contributed by atoms with van der Waals surface area (Å²) in [6, 6.07) is 9.40. The van der Waals surface area contributed by atoms with E-state index in [1.807, 2.05) is 51.1 Å². The summed E-state index contributed by atoms with van der Waals surface area (Å²) in [6.07, 6.45) is 3.63. The zero-order chi connectivity index (χ0) is 20.0.